The molecule has 0 saturated heterocycles. The molecular formula is C24H21N3O4S. The van der Waals surface area contributed by atoms with Crippen molar-refractivity contribution in [3.63, 3.8) is 0 Å². The fraction of sp³-hybridized carbons (Fsp3) is 0.167. The molecule has 7 nitrogen and oxygen atoms in total. The average Bonchev–Trinajstić information content (AvgIpc) is 3.55. The summed E-state index contributed by atoms with van der Waals surface area (Å²) in [5.74, 6) is 2.11. The Balaban J connectivity index is 1.59. The van der Waals surface area contributed by atoms with Gasteiger partial charge in [-0.25, -0.2) is 4.98 Å². The van der Waals surface area contributed by atoms with Gasteiger partial charge in [-0.3, -0.25) is 4.79 Å². The van der Waals surface area contributed by atoms with Crippen LogP contribution in [-0.4, -0.2) is 17.7 Å². The lowest BCUT2D eigenvalue weighted by Crippen LogP contribution is -2.17. The van der Waals surface area contributed by atoms with Crippen molar-refractivity contribution in [2.75, 3.05) is 17.4 Å². The molecule has 3 aromatic heterocycles. The first-order valence-electron chi connectivity index (χ1n) is 10.1. The third-order valence-corrected chi connectivity index (χ3v) is 6.52. The lowest BCUT2D eigenvalue weighted by Gasteiger charge is -2.22. The predicted molar refractivity (Wildman–Crippen MR) is 123 cm³/mol. The Morgan fingerprint density at radius 2 is 1.97 bits per heavy atom. The van der Waals surface area contributed by atoms with E-state index in [1.807, 2.05) is 43.3 Å². The summed E-state index contributed by atoms with van der Waals surface area (Å²) < 4.78 is 16.4. The van der Waals surface area contributed by atoms with E-state index in [4.69, 9.17) is 13.9 Å². The van der Waals surface area contributed by atoms with Crippen LogP contribution in [0.5, 0.6) is 11.5 Å². The molecule has 4 aromatic rings. The number of thiophene rings is 1. The molecular weight excluding hydrogens is 426 g/mol. The molecule has 0 fully saturated rings. The molecule has 0 bridgehead atoms. The summed E-state index contributed by atoms with van der Waals surface area (Å²) in [7, 11) is 0. The van der Waals surface area contributed by atoms with Crippen molar-refractivity contribution < 1.29 is 18.7 Å². The summed E-state index contributed by atoms with van der Waals surface area (Å²) in [4.78, 5) is 18.3. The van der Waals surface area contributed by atoms with Crippen molar-refractivity contribution in [3.05, 3.63) is 88.3 Å². The number of furan rings is 1. The number of hydrogen-bond donors (Lipinski definition) is 2. The van der Waals surface area contributed by atoms with Gasteiger partial charge in [-0.2, -0.15) is 0 Å². The van der Waals surface area contributed by atoms with Crippen molar-refractivity contribution in [3.8, 4) is 11.5 Å². The van der Waals surface area contributed by atoms with Gasteiger partial charge in [-0.15, -0.1) is 11.3 Å². The maximum atomic E-state index is 12.8. The average molecular weight is 448 g/mol. The SMILES string of the molecule is Cc1sc(NC(=O)c2ccco2)c([C@@H](Nc2ccccn2)c2ccc3c(c2)OCO3)c1C. The number of carbonyl (C=O) groups is 1. The number of rotatable bonds is 6. The largest absolute Gasteiger partial charge is 0.459 e. The second-order valence-electron chi connectivity index (χ2n) is 7.36. The van der Waals surface area contributed by atoms with E-state index in [1.54, 1.807) is 18.3 Å². The van der Waals surface area contributed by atoms with Crippen LogP contribution in [0.3, 0.4) is 0 Å². The summed E-state index contributed by atoms with van der Waals surface area (Å²) in [5, 5.41) is 7.32. The van der Waals surface area contributed by atoms with E-state index in [0.29, 0.717) is 5.75 Å². The van der Waals surface area contributed by atoms with E-state index in [0.717, 1.165) is 38.1 Å². The lowest BCUT2D eigenvalue weighted by molar-refractivity contribution is 0.0997. The highest BCUT2D eigenvalue weighted by Crippen LogP contribution is 2.43. The number of hydrogen-bond acceptors (Lipinski definition) is 7. The van der Waals surface area contributed by atoms with Gasteiger partial charge in [0.25, 0.3) is 5.91 Å². The van der Waals surface area contributed by atoms with Gasteiger partial charge in [0.2, 0.25) is 6.79 Å². The Kier molecular flexibility index (Phi) is 5.28. The summed E-state index contributed by atoms with van der Waals surface area (Å²) in [5.41, 5.74) is 3.03. The zero-order valence-corrected chi connectivity index (χ0v) is 18.4. The number of benzene rings is 1. The molecule has 4 heterocycles. The van der Waals surface area contributed by atoms with Crippen molar-refractivity contribution in [1.29, 1.82) is 0 Å². The van der Waals surface area contributed by atoms with Crippen molar-refractivity contribution >= 4 is 28.1 Å². The van der Waals surface area contributed by atoms with E-state index in [1.165, 1.54) is 17.6 Å². The van der Waals surface area contributed by atoms with Crippen molar-refractivity contribution in [2.24, 2.45) is 0 Å². The number of anilines is 2. The quantitative estimate of drug-likeness (QED) is 0.404. The van der Waals surface area contributed by atoms with Gasteiger partial charge in [0.1, 0.15) is 10.8 Å². The number of ether oxygens (including phenoxy) is 2. The monoisotopic (exact) mass is 447 g/mol. The van der Waals surface area contributed by atoms with Gasteiger partial charge >= 0.3 is 0 Å². The Morgan fingerprint density at radius 1 is 1.09 bits per heavy atom. The zero-order valence-electron chi connectivity index (χ0n) is 17.5. The fourth-order valence-electron chi connectivity index (χ4n) is 3.67. The number of fused-ring (bicyclic) bond motifs is 1. The first-order valence-corrected chi connectivity index (χ1v) is 10.9. The number of amides is 1. The summed E-state index contributed by atoms with van der Waals surface area (Å²) in [6.07, 6.45) is 3.23. The van der Waals surface area contributed by atoms with Crippen LogP contribution >= 0.6 is 11.3 Å². The maximum absolute atomic E-state index is 12.8. The smallest absolute Gasteiger partial charge is 0.291 e. The minimum Gasteiger partial charge on any atom is -0.459 e. The highest BCUT2D eigenvalue weighted by molar-refractivity contribution is 7.16. The lowest BCUT2D eigenvalue weighted by atomic mass is 9.96. The third kappa shape index (κ3) is 3.80. The molecule has 1 aliphatic rings. The zero-order chi connectivity index (χ0) is 22.1. The third-order valence-electron chi connectivity index (χ3n) is 5.38. The highest BCUT2D eigenvalue weighted by atomic mass is 32.1. The molecule has 5 rings (SSSR count). The van der Waals surface area contributed by atoms with Gasteiger partial charge < -0.3 is 24.5 Å². The molecule has 8 heteroatoms. The molecule has 0 radical (unpaired) electrons. The van der Waals surface area contributed by atoms with E-state index < -0.39 is 0 Å². The van der Waals surface area contributed by atoms with Crippen LogP contribution in [-0.2, 0) is 0 Å². The topological polar surface area (TPSA) is 85.6 Å². The number of pyridine rings is 1. The number of nitrogens with zero attached hydrogens (tertiary/aromatic N) is 1. The molecule has 1 amide bonds. The minimum absolute atomic E-state index is 0.207. The molecule has 1 aliphatic heterocycles. The van der Waals surface area contributed by atoms with E-state index in [9.17, 15) is 4.79 Å². The fourth-order valence-corrected chi connectivity index (χ4v) is 4.76. The minimum atomic E-state index is -0.292. The van der Waals surface area contributed by atoms with Crippen LogP contribution in [0.1, 0.15) is 38.2 Å². The van der Waals surface area contributed by atoms with E-state index >= 15 is 0 Å². The molecule has 0 spiro atoms. The second kappa shape index (κ2) is 8.39. The Labute approximate surface area is 189 Å². The molecule has 1 atom stereocenters. The maximum Gasteiger partial charge on any atom is 0.291 e. The van der Waals surface area contributed by atoms with Crippen molar-refractivity contribution in [1.82, 2.24) is 4.98 Å². The highest BCUT2D eigenvalue weighted by Gasteiger charge is 2.27. The van der Waals surface area contributed by atoms with E-state index in [-0.39, 0.29) is 24.5 Å². The van der Waals surface area contributed by atoms with Crippen LogP contribution in [0.15, 0.2) is 65.4 Å². The Morgan fingerprint density at radius 3 is 2.75 bits per heavy atom. The predicted octanol–water partition coefficient (Wildman–Crippen LogP) is 5.54. The molecule has 0 saturated carbocycles. The summed E-state index contributed by atoms with van der Waals surface area (Å²) >= 11 is 1.54. The summed E-state index contributed by atoms with van der Waals surface area (Å²) in [6, 6.07) is 14.6. The molecule has 32 heavy (non-hydrogen) atoms. The van der Waals surface area contributed by atoms with Crippen LogP contribution < -0.4 is 20.1 Å². The van der Waals surface area contributed by atoms with Crippen LogP contribution in [0.2, 0.25) is 0 Å². The first kappa shape index (κ1) is 20.1. The normalized spacial score (nSPS) is 13.1. The first-order chi connectivity index (χ1) is 15.6. The Hall–Kier alpha value is -3.78. The van der Waals surface area contributed by atoms with Gasteiger partial charge in [0.15, 0.2) is 17.3 Å². The molecule has 162 valence electrons. The van der Waals surface area contributed by atoms with Crippen LogP contribution in [0, 0.1) is 13.8 Å². The van der Waals surface area contributed by atoms with Gasteiger partial charge in [0, 0.05) is 16.6 Å². The van der Waals surface area contributed by atoms with Gasteiger partial charge in [-0.05, 0) is 61.4 Å². The number of nitrogens with one attached hydrogen (secondary N) is 2. The molecule has 0 unspecified atom stereocenters. The molecule has 0 aliphatic carbocycles. The Bertz CT molecular complexity index is 1250. The van der Waals surface area contributed by atoms with Crippen molar-refractivity contribution in [2.45, 2.75) is 19.9 Å². The molecule has 2 N–H and O–H groups in total. The van der Waals surface area contributed by atoms with Gasteiger partial charge in [0.05, 0.1) is 12.3 Å². The van der Waals surface area contributed by atoms with E-state index in [2.05, 4.69) is 22.5 Å². The van der Waals surface area contributed by atoms with Gasteiger partial charge in [-0.1, -0.05) is 12.1 Å². The van der Waals surface area contributed by atoms with Crippen LogP contribution in [0.4, 0.5) is 10.8 Å². The number of aryl methyl sites for hydroxylation is 1. The number of aromatic nitrogens is 1. The van der Waals surface area contributed by atoms with Crippen LogP contribution in [0.25, 0.3) is 0 Å². The second-order valence-corrected chi connectivity index (χ2v) is 8.59. The number of carbonyl (C=O) groups excluding carboxylic acids is 1. The molecule has 1 aromatic carbocycles. The standard InChI is InChI=1S/C24H21N3O4S/c1-14-15(2)32-24(27-23(28)18-6-5-11-29-18)21(14)22(26-20-7-3-4-10-25-20)16-8-9-17-19(12-16)31-13-30-17/h3-12,22H,13H2,1-2H3,(H,25,26)(H,27,28)/t22-/m0/s1. The summed E-state index contributed by atoms with van der Waals surface area (Å²) in [6.45, 7) is 4.31.